The smallest absolute Gasteiger partial charge is 0.131 e. The Labute approximate surface area is 115 Å². The first-order valence-corrected chi connectivity index (χ1v) is 6.48. The lowest BCUT2D eigenvalue weighted by Crippen LogP contribution is -2.49. The number of nitrogens with zero attached hydrogens (tertiary/aromatic N) is 3. The van der Waals surface area contributed by atoms with E-state index < -0.39 is 17.7 Å². The predicted molar refractivity (Wildman–Crippen MR) is 69.0 cm³/mol. The van der Waals surface area contributed by atoms with Crippen molar-refractivity contribution in [2.75, 3.05) is 19.6 Å². The molecule has 1 aromatic carbocycles. The second kappa shape index (κ2) is 5.30. The highest BCUT2D eigenvalue weighted by Crippen LogP contribution is 2.25. The third kappa shape index (κ3) is 2.57. The first-order chi connectivity index (χ1) is 9.63. The lowest BCUT2D eigenvalue weighted by molar-refractivity contribution is 0.0388. The fraction of sp³-hybridized carbons (Fsp3) is 0.357. The zero-order chi connectivity index (χ0) is 14.1. The van der Waals surface area contributed by atoms with Gasteiger partial charge in [0.05, 0.1) is 12.1 Å². The van der Waals surface area contributed by atoms with Crippen molar-refractivity contribution in [1.82, 2.24) is 14.7 Å². The van der Waals surface area contributed by atoms with Crippen molar-refractivity contribution in [2.45, 2.75) is 12.1 Å². The summed E-state index contributed by atoms with van der Waals surface area (Å²) in [5.41, 5.74) is 0.133. The minimum atomic E-state index is -0.950. The number of aliphatic hydroxyl groups is 1. The summed E-state index contributed by atoms with van der Waals surface area (Å²) in [7, 11) is 0. The molecule has 3 rings (SSSR count). The highest BCUT2D eigenvalue weighted by molar-refractivity contribution is 5.21. The van der Waals surface area contributed by atoms with Crippen LogP contribution in [-0.4, -0.2) is 39.4 Å². The molecule has 0 amide bonds. The Balaban J connectivity index is 1.57. The van der Waals surface area contributed by atoms with E-state index in [1.165, 1.54) is 6.07 Å². The van der Waals surface area contributed by atoms with E-state index in [1.54, 1.807) is 6.20 Å². The zero-order valence-electron chi connectivity index (χ0n) is 10.8. The Morgan fingerprint density at radius 2 is 2.15 bits per heavy atom. The molecule has 106 valence electrons. The van der Waals surface area contributed by atoms with Gasteiger partial charge in [0.15, 0.2) is 0 Å². The molecule has 1 fully saturated rings. The molecule has 1 aromatic heterocycles. The average Bonchev–Trinajstić information content (AvgIpc) is 2.86. The van der Waals surface area contributed by atoms with Gasteiger partial charge in [-0.25, -0.2) is 8.78 Å². The van der Waals surface area contributed by atoms with Gasteiger partial charge in [0.1, 0.15) is 11.6 Å². The molecule has 1 atom stereocenters. The van der Waals surface area contributed by atoms with Gasteiger partial charge in [-0.1, -0.05) is 6.07 Å². The second-order valence-electron chi connectivity index (χ2n) is 5.04. The number of β-amino-alcohol motifs (C(OH)–C–C–N with tert-alkyl or cyclic N) is 1. The Morgan fingerprint density at radius 3 is 2.80 bits per heavy atom. The van der Waals surface area contributed by atoms with Crippen molar-refractivity contribution in [3.05, 3.63) is 53.9 Å². The maximum Gasteiger partial charge on any atom is 0.131 e. The van der Waals surface area contributed by atoms with Gasteiger partial charge < -0.3 is 5.11 Å². The monoisotopic (exact) mass is 279 g/mol. The molecule has 0 unspecified atom stereocenters. The molecule has 1 saturated heterocycles. The quantitative estimate of drug-likeness (QED) is 0.927. The summed E-state index contributed by atoms with van der Waals surface area (Å²) in [6.07, 6.45) is 2.68. The topological polar surface area (TPSA) is 41.3 Å². The van der Waals surface area contributed by atoms with Gasteiger partial charge in [-0.2, -0.15) is 5.10 Å². The standard InChI is InChI=1S/C14H15F2N3O/c15-10-2-3-12(13(16)6-10)14(20)9-18-7-11(8-18)19-5-1-4-17-19/h1-6,11,14,20H,7-9H2/t14-/m0/s1. The fourth-order valence-electron chi connectivity index (χ4n) is 2.47. The largest absolute Gasteiger partial charge is 0.387 e. The Morgan fingerprint density at radius 1 is 1.35 bits per heavy atom. The maximum atomic E-state index is 13.5. The number of benzene rings is 1. The van der Waals surface area contributed by atoms with Crippen molar-refractivity contribution in [3.63, 3.8) is 0 Å². The highest BCUT2D eigenvalue weighted by Gasteiger charge is 2.30. The van der Waals surface area contributed by atoms with E-state index in [-0.39, 0.29) is 5.56 Å². The van der Waals surface area contributed by atoms with Crippen LogP contribution in [0.15, 0.2) is 36.7 Å². The molecular weight excluding hydrogens is 264 g/mol. The lowest BCUT2D eigenvalue weighted by atomic mass is 10.0. The van der Waals surface area contributed by atoms with Gasteiger partial charge in [-0.05, 0) is 12.1 Å². The SMILES string of the molecule is O[C@@H](CN1CC(n2cccn2)C1)c1ccc(F)cc1F. The van der Waals surface area contributed by atoms with E-state index in [2.05, 4.69) is 5.10 Å². The van der Waals surface area contributed by atoms with Crippen LogP contribution in [0, 0.1) is 11.6 Å². The number of rotatable bonds is 4. The van der Waals surface area contributed by atoms with Crippen molar-refractivity contribution in [2.24, 2.45) is 0 Å². The summed E-state index contributed by atoms with van der Waals surface area (Å²) in [5, 5.41) is 14.2. The minimum Gasteiger partial charge on any atom is -0.387 e. The maximum absolute atomic E-state index is 13.5. The second-order valence-corrected chi connectivity index (χ2v) is 5.04. The summed E-state index contributed by atoms with van der Waals surface area (Å²) in [5.74, 6) is -1.34. The molecule has 4 nitrogen and oxygen atoms in total. The van der Waals surface area contributed by atoms with Crippen LogP contribution in [-0.2, 0) is 0 Å². The molecule has 0 bridgehead atoms. The van der Waals surface area contributed by atoms with Gasteiger partial charge in [-0.3, -0.25) is 9.58 Å². The predicted octanol–water partition coefficient (Wildman–Crippen LogP) is 1.75. The number of aliphatic hydroxyl groups excluding tert-OH is 1. The number of aromatic nitrogens is 2. The van der Waals surface area contributed by atoms with Crippen LogP contribution in [0.2, 0.25) is 0 Å². The Kier molecular flexibility index (Phi) is 3.50. The van der Waals surface area contributed by atoms with Crippen LogP contribution in [0.3, 0.4) is 0 Å². The minimum absolute atomic E-state index is 0.133. The molecule has 1 aliphatic rings. The first kappa shape index (κ1) is 13.2. The van der Waals surface area contributed by atoms with E-state index in [4.69, 9.17) is 0 Å². The number of likely N-dealkylation sites (tertiary alicyclic amines) is 1. The van der Waals surface area contributed by atoms with E-state index in [0.717, 1.165) is 25.2 Å². The number of hydrogen-bond acceptors (Lipinski definition) is 3. The number of hydrogen-bond donors (Lipinski definition) is 1. The van der Waals surface area contributed by atoms with Gasteiger partial charge in [0, 0.05) is 43.7 Å². The van der Waals surface area contributed by atoms with Crippen LogP contribution < -0.4 is 0 Å². The van der Waals surface area contributed by atoms with Crippen molar-refractivity contribution >= 4 is 0 Å². The van der Waals surface area contributed by atoms with Crippen molar-refractivity contribution < 1.29 is 13.9 Å². The van der Waals surface area contributed by atoms with Crippen LogP contribution in [0.5, 0.6) is 0 Å². The van der Waals surface area contributed by atoms with E-state index in [0.29, 0.717) is 12.6 Å². The van der Waals surface area contributed by atoms with Gasteiger partial charge in [-0.15, -0.1) is 0 Å². The summed E-state index contributed by atoms with van der Waals surface area (Å²) < 4.78 is 28.2. The van der Waals surface area contributed by atoms with Crippen LogP contribution in [0.1, 0.15) is 17.7 Å². The summed E-state index contributed by atoms with van der Waals surface area (Å²) in [6, 6.07) is 5.41. The molecule has 20 heavy (non-hydrogen) atoms. The number of halogens is 2. The molecule has 2 aromatic rings. The summed E-state index contributed by atoms with van der Waals surface area (Å²) in [6.45, 7) is 1.86. The van der Waals surface area contributed by atoms with E-state index in [1.807, 2.05) is 21.8 Å². The third-order valence-corrected chi connectivity index (χ3v) is 3.59. The van der Waals surface area contributed by atoms with E-state index in [9.17, 15) is 13.9 Å². The van der Waals surface area contributed by atoms with E-state index >= 15 is 0 Å². The summed E-state index contributed by atoms with van der Waals surface area (Å²) in [4.78, 5) is 2.01. The molecule has 2 heterocycles. The third-order valence-electron chi connectivity index (χ3n) is 3.59. The molecular formula is C14H15F2N3O. The molecule has 0 radical (unpaired) electrons. The van der Waals surface area contributed by atoms with Crippen LogP contribution in [0.4, 0.5) is 8.78 Å². The van der Waals surface area contributed by atoms with Gasteiger partial charge in [0.25, 0.3) is 0 Å². The molecule has 1 N–H and O–H groups in total. The normalized spacial score (nSPS) is 17.9. The Bertz CT molecular complexity index is 582. The van der Waals surface area contributed by atoms with Gasteiger partial charge >= 0.3 is 0 Å². The molecule has 0 aliphatic carbocycles. The van der Waals surface area contributed by atoms with Gasteiger partial charge in [0.2, 0.25) is 0 Å². The molecule has 0 spiro atoms. The molecule has 1 aliphatic heterocycles. The average molecular weight is 279 g/mol. The van der Waals surface area contributed by atoms with Crippen LogP contribution >= 0.6 is 0 Å². The highest BCUT2D eigenvalue weighted by atomic mass is 19.1. The lowest BCUT2D eigenvalue weighted by Gasteiger charge is -2.40. The van der Waals surface area contributed by atoms with Crippen LogP contribution in [0.25, 0.3) is 0 Å². The summed E-state index contributed by atoms with van der Waals surface area (Å²) >= 11 is 0. The van der Waals surface area contributed by atoms with Crippen molar-refractivity contribution in [1.29, 1.82) is 0 Å². The zero-order valence-corrected chi connectivity index (χ0v) is 10.8. The molecule has 6 heteroatoms. The first-order valence-electron chi connectivity index (χ1n) is 6.48. The fourth-order valence-corrected chi connectivity index (χ4v) is 2.47. The van der Waals surface area contributed by atoms with Crippen molar-refractivity contribution in [3.8, 4) is 0 Å². The Hall–Kier alpha value is -1.79. The molecule has 0 saturated carbocycles.